The summed E-state index contributed by atoms with van der Waals surface area (Å²) in [6.07, 6.45) is 3.19. The van der Waals surface area contributed by atoms with E-state index in [4.69, 9.17) is 16.7 Å². The molecule has 0 atom stereocenters. The first kappa shape index (κ1) is 12.8. The number of anilines is 1. The van der Waals surface area contributed by atoms with E-state index in [1.54, 1.807) is 24.5 Å². The third-order valence-electron chi connectivity index (χ3n) is 2.56. The van der Waals surface area contributed by atoms with Gasteiger partial charge in [-0.3, -0.25) is 4.98 Å². The summed E-state index contributed by atoms with van der Waals surface area (Å²) < 4.78 is 13.5. The number of rotatable bonds is 4. The number of hydrogen-bond donors (Lipinski definition) is 2. The van der Waals surface area contributed by atoms with Crippen molar-refractivity contribution in [3.05, 3.63) is 58.6 Å². The van der Waals surface area contributed by atoms with Gasteiger partial charge in [0.1, 0.15) is 5.82 Å². The van der Waals surface area contributed by atoms with Crippen molar-refractivity contribution in [1.82, 2.24) is 4.98 Å². The molecule has 0 fully saturated rings. The van der Waals surface area contributed by atoms with Gasteiger partial charge in [0.05, 0.1) is 18.5 Å². The summed E-state index contributed by atoms with van der Waals surface area (Å²) in [5, 5.41) is 12.7. The smallest absolute Gasteiger partial charge is 0.128 e. The maximum absolute atomic E-state index is 13.5. The Bertz CT molecular complexity index is 548. The van der Waals surface area contributed by atoms with Crippen LogP contribution < -0.4 is 5.32 Å². The molecule has 0 aliphatic carbocycles. The Morgan fingerprint density at radius 1 is 1.28 bits per heavy atom. The third-order valence-corrected chi connectivity index (χ3v) is 2.79. The highest BCUT2D eigenvalue weighted by molar-refractivity contribution is 6.30. The van der Waals surface area contributed by atoms with Crippen molar-refractivity contribution in [2.45, 2.75) is 13.2 Å². The molecule has 0 unspecified atom stereocenters. The van der Waals surface area contributed by atoms with Crippen molar-refractivity contribution in [2.24, 2.45) is 0 Å². The van der Waals surface area contributed by atoms with Crippen LogP contribution in [0.3, 0.4) is 0 Å². The van der Waals surface area contributed by atoms with E-state index in [1.165, 1.54) is 12.1 Å². The van der Waals surface area contributed by atoms with Crippen molar-refractivity contribution in [3.8, 4) is 0 Å². The molecule has 2 aromatic rings. The molecule has 2 N–H and O–H groups in total. The van der Waals surface area contributed by atoms with Crippen LogP contribution in [0.1, 0.15) is 11.1 Å². The molecule has 0 bridgehead atoms. The SMILES string of the molecule is OCc1ccncc1NCc1cc(Cl)ccc1F. The molecule has 0 radical (unpaired) electrons. The zero-order valence-corrected chi connectivity index (χ0v) is 10.3. The standard InChI is InChI=1S/C13H12ClFN2O/c14-11-1-2-12(15)10(5-11)6-17-13-7-16-4-3-9(13)8-18/h1-5,7,17-18H,6,8H2. The van der Waals surface area contributed by atoms with E-state index >= 15 is 0 Å². The first-order chi connectivity index (χ1) is 8.70. The number of aliphatic hydroxyl groups is 1. The molecule has 1 aromatic heterocycles. The van der Waals surface area contributed by atoms with Gasteiger partial charge in [-0.15, -0.1) is 0 Å². The van der Waals surface area contributed by atoms with Gasteiger partial charge in [-0.05, 0) is 24.3 Å². The van der Waals surface area contributed by atoms with Gasteiger partial charge in [0.15, 0.2) is 0 Å². The van der Waals surface area contributed by atoms with E-state index in [-0.39, 0.29) is 19.0 Å². The van der Waals surface area contributed by atoms with Crippen LogP contribution in [0.5, 0.6) is 0 Å². The maximum atomic E-state index is 13.5. The molecule has 0 aliphatic heterocycles. The number of nitrogens with zero attached hydrogens (tertiary/aromatic N) is 1. The van der Waals surface area contributed by atoms with E-state index in [0.717, 1.165) is 0 Å². The number of aliphatic hydroxyl groups excluding tert-OH is 1. The zero-order valence-electron chi connectivity index (χ0n) is 9.53. The van der Waals surface area contributed by atoms with Crippen LogP contribution in [0.15, 0.2) is 36.7 Å². The fraction of sp³-hybridized carbons (Fsp3) is 0.154. The lowest BCUT2D eigenvalue weighted by Crippen LogP contribution is -2.04. The Morgan fingerprint density at radius 3 is 2.89 bits per heavy atom. The number of aromatic nitrogens is 1. The fourth-order valence-electron chi connectivity index (χ4n) is 1.59. The molecule has 18 heavy (non-hydrogen) atoms. The minimum atomic E-state index is -0.318. The summed E-state index contributed by atoms with van der Waals surface area (Å²) in [4.78, 5) is 3.95. The molecule has 3 nitrogen and oxygen atoms in total. The summed E-state index contributed by atoms with van der Waals surface area (Å²) in [6, 6.07) is 6.11. The molecule has 0 amide bonds. The van der Waals surface area contributed by atoms with E-state index in [1.807, 2.05) is 0 Å². The topological polar surface area (TPSA) is 45.2 Å². The van der Waals surface area contributed by atoms with Gasteiger partial charge in [-0.1, -0.05) is 11.6 Å². The molecule has 2 rings (SSSR count). The van der Waals surface area contributed by atoms with Gasteiger partial charge >= 0.3 is 0 Å². The van der Waals surface area contributed by atoms with Crippen molar-refractivity contribution >= 4 is 17.3 Å². The Balaban J connectivity index is 2.14. The molecule has 0 aliphatic rings. The Hall–Kier alpha value is -1.65. The molecule has 94 valence electrons. The van der Waals surface area contributed by atoms with Crippen LogP contribution in [0.4, 0.5) is 10.1 Å². The normalized spacial score (nSPS) is 10.4. The average Bonchev–Trinajstić information content (AvgIpc) is 2.40. The monoisotopic (exact) mass is 266 g/mol. The quantitative estimate of drug-likeness (QED) is 0.894. The number of nitrogens with one attached hydrogen (secondary N) is 1. The van der Waals surface area contributed by atoms with Gasteiger partial charge in [0, 0.05) is 28.9 Å². The predicted octanol–water partition coefficient (Wildman–Crippen LogP) is 2.98. The van der Waals surface area contributed by atoms with Gasteiger partial charge in [-0.2, -0.15) is 0 Å². The summed E-state index contributed by atoms with van der Waals surface area (Å²) >= 11 is 5.81. The second-order valence-electron chi connectivity index (χ2n) is 3.78. The Kier molecular flexibility index (Phi) is 4.12. The second kappa shape index (κ2) is 5.80. The lowest BCUT2D eigenvalue weighted by atomic mass is 10.2. The zero-order chi connectivity index (χ0) is 13.0. The van der Waals surface area contributed by atoms with E-state index < -0.39 is 0 Å². The van der Waals surface area contributed by atoms with Gasteiger partial charge in [0.25, 0.3) is 0 Å². The van der Waals surface area contributed by atoms with E-state index in [2.05, 4.69) is 10.3 Å². The highest BCUT2D eigenvalue weighted by Gasteiger charge is 2.05. The molecule has 1 heterocycles. The first-order valence-electron chi connectivity index (χ1n) is 5.42. The largest absolute Gasteiger partial charge is 0.392 e. The minimum Gasteiger partial charge on any atom is -0.392 e. The third kappa shape index (κ3) is 2.97. The summed E-state index contributed by atoms with van der Waals surface area (Å²) in [7, 11) is 0. The predicted molar refractivity (Wildman–Crippen MR) is 68.9 cm³/mol. The molecule has 5 heteroatoms. The van der Waals surface area contributed by atoms with Crippen LogP contribution in [-0.2, 0) is 13.2 Å². The lowest BCUT2D eigenvalue weighted by Gasteiger charge is -2.10. The summed E-state index contributed by atoms with van der Waals surface area (Å²) in [6.45, 7) is 0.188. The summed E-state index contributed by atoms with van der Waals surface area (Å²) in [5.74, 6) is -0.318. The maximum Gasteiger partial charge on any atom is 0.128 e. The molecule has 0 spiro atoms. The van der Waals surface area contributed by atoms with Crippen LogP contribution >= 0.6 is 11.6 Å². The summed E-state index contributed by atoms with van der Waals surface area (Å²) in [5.41, 5.74) is 1.86. The van der Waals surface area contributed by atoms with E-state index in [9.17, 15) is 4.39 Å². The molecular weight excluding hydrogens is 255 g/mol. The first-order valence-corrected chi connectivity index (χ1v) is 5.80. The van der Waals surface area contributed by atoms with Crippen LogP contribution in [-0.4, -0.2) is 10.1 Å². The number of benzene rings is 1. The molecule has 0 saturated heterocycles. The number of hydrogen-bond acceptors (Lipinski definition) is 3. The number of pyridine rings is 1. The van der Waals surface area contributed by atoms with Gasteiger partial charge in [-0.25, -0.2) is 4.39 Å². The van der Waals surface area contributed by atoms with Gasteiger partial charge in [0.2, 0.25) is 0 Å². The lowest BCUT2D eigenvalue weighted by molar-refractivity contribution is 0.282. The highest BCUT2D eigenvalue weighted by Crippen LogP contribution is 2.18. The molecule has 0 saturated carbocycles. The Morgan fingerprint density at radius 2 is 2.11 bits per heavy atom. The second-order valence-corrected chi connectivity index (χ2v) is 4.22. The van der Waals surface area contributed by atoms with E-state index in [0.29, 0.717) is 21.8 Å². The van der Waals surface area contributed by atoms with Crippen molar-refractivity contribution < 1.29 is 9.50 Å². The van der Waals surface area contributed by atoms with Crippen LogP contribution in [0.2, 0.25) is 5.02 Å². The Labute approximate surface area is 109 Å². The van der Waals surface area contributed by atoms with Gasteiger partial charge < -0.3 is 10.4 Å². The number of halogens is 2. The average molecular weight is 267 g/mol. The van der Waals surface area contributed by atoms with Crippen molar-refractivity contribution in [2.75, 3.05) is 5.32 Å². The minimum absolute atomic E-state index is 0.0944. The van der Waals surface area contributed by atoms with Crippen LogP contribution in [0.25, 0.3) is 0 Å². The molecule has 1 aromatic carbocycles. The molecular formula is C13H12ClFN2O. The highest BCUT2D eigenvalue weighted by atomic mass is 35.5. The van der Waals surface area contributed by atoms with Crippen LogP contribution in [0, 0.1) is 5.82 Å². The van der Waals surface area contributed by atoms with Crippen molar-refractivity contribution in [1.29, 1.82) is 0 Å². The fourth-order valence-corrected chi connectivity index (χ4v) is 1.78. The van der Waals surface area contributed by atoms with Crippen molar-refractivity contribution in [3.63, 3.8) is 0 Å².